The molecule has 1 fully saturated rings. The Labute approximate surface area is 200 Å². The van der Waals surface area contributed by atoms with Gasteiger partial charge in [-0.3, -0.25) is 4.79 Å². The summed E-state index contributed by atoms with van der Waals surface area (Å²) < 4.78 is 11.6. The monoisotopic (exact) mass is 457 g/mol. The lowest BCUT2D eigenvalue weighted by Gasteiger charge is -2.40. The zero-order chi connectivity index (χ0) is 23.7. The van der Waals surface area contributed by atoms with E-state index in [0.717, 1.165) is 48.2 Å². The minimum Gasteiger partial charge on any atom is -0.496 e. The number of rotatable bonds is 5. The average Bonchev–Trinajstić information content (AvgIpc) is 3.36. The molecule has 1 heterocycles. The third kappa shape index (κ3) is 4.15. The van der Waals surface area contributed by atoms with Crippen LogP contribution in [0, 0.1) is 5.92 Å². The van der Waals surface area contributed by atoms with Crippen molar-refractivity contribution in [3.63, 3.8) is 0 Å². The molecule has 3 atom stereocenters. The maximum Gasteiger partial charge on any atom is 0.336 e. The van der Waals surface area contributed by atoms with Gasteiger partial charge >= 0.3 is 5.97 Å². The summed E-state index contributed by atoms with van der Waals surface area (Å²) in [5.41, 5.74) is 4.08. The van der Waals surface area contributed by atoms with E-state index in [9.17, 15) is 9.59 Å². The Bertz CT molecular complexity index is 1140. The second kappa shape index (κ2) is 9.49. The number of ether oxygens (including phenoxy) is 2. The van der Waals surface area contributed by atoms with Crippen LogP contribution in [0.4, 0.5) is 0 Å². The molecule has 2 aliphatic carbocycles. The molecule has 1 N–H and O–H groups in total. The first kappa shape index (κ1) is 22.5. The molecule has 5 nitrogen and oxygen atoms in total. The third-order valence-corrected chi connectivity index (χ3v) is 7.36. The smallest absolute Gasteiger partial charge is 0.336 e. The Morgan fingerprint density at radius 2 is 1.68 bits per heavy atom. The molecule has 3 unspecified atom stereocenters. The molecule has 2 aromatic carbocycles. The van der Waals surface area contributed by atoms with Gasteiger partial charge in [-0.15, -0.1) is 0 Å². The molecule has 3 aliphatic rings. The van der Waals surface area contributed by atoms with Crippen molar-refractivity contribution >= 4 is 11.8 Å². The van der Waals surface area contributed by atoms with Crippen molar-refractivity contribution in [1.29, 1.82) is 0 Å². The van der Waals surface area contributed by atoms with E-state index in [1.165, 1.54) is 0 Å². The van der Waals surface area contributed by atoms with Gasteiger partial charge in [0, 0.05) is 35.2 Å². The van der Waals surface area contributed by atoms with Crippen LogP contribution in [0.5, 0.6) is 5.75 Å². The van der Waals surface area contributed by atoms with E-state index in [1.807, 2.05) is 49.4 Å². The molecule has 5 rings (SSSR count). The van der Waals surface area contributed by atoms with Gasteiger partial charge in [-0.2, -0.15) is 0 Å². The Morgan fingerprint density at radius 1 is 0.971 bits per heavy atom. The molecule has 176 valence electrons. The van der Waals surface area contributed by atoms with Gasteiger partial charge in [0.05, 0.1) is 18.6 Å². The molecule has 34 heavy (non-hydrogen) atoms. The van der Waals surface area contributed by atoms with Gasteiger partial charge in [-0.25, -0.2) is 4.79 Å². The van der Waals surface area contributed by atoms with Crippen LogP contribution in [0.1, 0.15) is 62.0 Å². The highest BCUT2D eigenvalue weighted by atomic mass is 16.5. The average molecular weight is 458 g/mol. The number of methoxy groups -OCH3 is 1. The summed E-state index contributed by atoms with van der Waals surface area (Å²) in [7, 11) is 1.62. The summed E-state index contributed by atoms with van der Waals surface area (Å²) in [6.07, 6.45) is 6.47. The van der Waals surface area contributed by atoms with Crippen molar-refractivity contribution in [2.75, 3.05) is 7.11 Å². The standard InChI is InChI=1S/C29H31NO4/c1-18-26(29(32)34-21-12-6-7-13-21)27(22-14-8-9-15-25(22)33-2)28-23(30-18)16-20(17-24(28)31)19-10-4-3-5-11-19/h3-5,8-11,14-16,20-21,27-28,30H,6-7,12-13,17H2,1-2H3. The predicted octanol–water partition coefficient (Wildman–Crippen LogP) is 5.40. The van der Waals surface area contributed by atoms with Crippen LogP contribution in [0.25, 0.3) is 0 Å². The first-order valence-corrected chi connectivity index (χ1v) is 12.2. The van der Waals surface area contributed by atoms with E-state index in [-0.39, 0.29) is 23.8 Å². The summed E-state index contributed by atoms with van der Waals surface area (Å²) in [6, 6.07) is 17.8. The fourth-order valence-corrected chi connectivity index (χ4v) is 5.74. The van der Waals surface area contributed by atoms with Gasteiger partial charge in [0.25, 0.3) is 0 Å². The fraction of sp³-hybridized carbons (Fsp3) is 0.379. The SMILES string of the molecule is COc1ccccc1C1C(C(=O)OC2CCCC2)=C(C)NC2=CC(c3ccccc3)CC(=O)C21. The van der Waals surface area contributed by atoms with Crippen LogP contribution in [0.15, 0.2) is 77.6 Å². The van der Waals surface area contributed by atoms with Crippen LogP contribution < -0.4 is 10.1 Å². The van der Waals surface area contributed by atoms with Crippen molar-refractivity contribution in [2.24, 2.45) is 5.92 Å². The van der Waals surface area contributed by atoms with Crippen molar-refractivity contribution in [1.82, 2.24) is 5.32 Å². The summed E-state index contributed by atoms with van der Waals surface area (Å²) in [4.78, 5) is 27.2. The maximum atomic E-state index is 13.7. The zero-order valence-corrected chi connectivity index (χ0v) is 19.8. The lowest BCUT2D eigenvalue weighted by Crippen LogP contribution is -2.42. The van der Waals surface area contributed by atoms with Gasteiger partial charge in [0.15, 0.2) is 0 Å². The molecule has 0 amide bonds. The highest BCUT2D eigenvalue weighted by Gasteiger charge is 2.46. The van der Waals surface area contributed by atoms with Gasteiger partial charge in [-0.05, 0) is 44.2 Å². The first-order chi connectivity index (χ1) is 16.6. The van der Waals surface area contributed by atoms with E-state index in [0.29, 0.717) is 17.7 Å². The normalized spacial score (nSPS) is 24.8. The molecule has 5 heteroatoms. The molecular formula is C29H31NO4. The number of fused-ring (bicyclic) bond motifs is 1. The Morgan fingerprint density at radius 3 is 2.41 bits per heavy atom. The number of carbonyl (C=O) groups is 2. The number of benzene rings is 2. The van der Waals surface area contributed by atoms with Crippen LogP contribution in [0.2, 0.25) is 0 Å². The van der Waals surface area contributed by atoms with E-state index in [2.05, 4.69) is 23.5 Å². The maximum absolute atomic E-state index is 13.7. The molecular weight excluding hydrogens is 426 g/mol. The number of Topliss-reactive ketones (excluding diaryl/α,β-unsaturated/α-hetero) is 1. The molecule has 1 aliphatic heterocycles. The van der Waals surface area contributed by atoms with E-state index < -0.39 is 11.8 Å². The fourth-order valence-electron chi connectivity index (χ4n) is 5.74. The van der Waals surface area contributed by atoms with Crippen molar-refractivity contribution in [3.05, 3.63) is 88.8 Å². The molecule has 2 aromatic rings. The van der Waals surface area contributed by atoms with Crippen LogP contribution in [0.3, 0.4) is 0 Å². The number of carbonyl (C=O) groups excluding carboxylic acids is 2. The van der Waals surface area contributed by atoms with Crippen molar-refractivity contribution in [2.45, 2.75) is 57.0 Å². The van der Waals surface area contributed by atoms with Gasteiger partial charge < -0.3 is 14.8 Å². The minimum atomic E-state index is -0.480. The highest BCUT2D eigenvalue weighted by molar-refractivity contribution is 5.96. The van der Waals surface area contributed by atoms with E-state index in [4.69, 9.17) is 9.47 Å². The molecule has 0 aromatic heterocycles. The number of hydrogen-bond donors (Lipinski definition) is 1. The second-order valence-electron chi connectivity index (χ2n) is 9.48. The number of esters is 1. The summed E-state index contributed by atoms with van der Waals surface area (Å²) >= 11 is 0. The Hall–Kier alpha value is -3.34. The Balaban J connectivity index is 1.60. The predicted molar refractivity (Wildman–Crippen MR) is 130 cm³/mol. The summed E-state index contributed by atoms with van der Waals surface area (Å²) in [5, 5.41) is 3.42. The lowest BCUT2D eigenvalue weighted by molar-refractivity contribution is -0.144. The largest absolute Gasteiger partial charge is 0.496 e. The van der Waals surface area contributed by atoms with Crippen molar-refractivity contribution in [3.8, 4) is 5.75 Å². The van der Waals surface area contributed by atoms with E-state index >= 15 is 0 Å². The minimum absolute atomic E-state index is 0.00515. The summed E-state index contributed by atoms with van der Waals surface area (Å²) in [6.45, 7) is 1.90. The molecule has 0 bridgehead atoms. The zero-order valence-electron chi connectivity index (χ0n) is 19.8. The van der Waals surface area contributed by atoms with Gasteiger partial charge in [0.2, 0.25) is 0 Å². The van der Waals surface area contributed by atoms with Crippen LogP contribution in [-0.2, 0) is 14.3 Å². The van der Waals surface area contributed by atoms with Gasteiger partial charge in [0.1, 0.15) is 17.6 Å². The first-order valence-electron chi connectivity index (χ1n) is 12.2. The van der Waals surface area contributed by atoms with Crippen LogP contribution >= 0.6 is 0 Å². The molecule has 1 saturated carbocycles. The molecule has 0 spiro atoms. The second-order valence-corrected chi connectivity index (χ2v) is 9.48. The number of allylic oxidation sites excluding steroid dienone is 3. The quantitative estimate of drug-likeness (QED) is 0.609. The van der Waals surface area contributed by atoms with Gasteiger partial charge in [-0.1, -0.05) is 54.6 Å². The van der Waals surface area contributed by atoms with Crippen molar-refractivity contribution < 1.29 is 19.1 Å². The number of ketones is 1. The Kier molecular flexibility index (Phi) is 6.27. The number of hydrogen-bond acceptors (Lipinski definition) is 5. The third-order valence-electron chi connectivity index (χ3n) is 7.36. The summed E-state index contributed by atoms with van der Waals surface area (Å²) in [5.74, 6) is -0.470. The highest BCUT2D eigenvalue weighted by Crippen LogP contribution is 2.48. The molecule has 0 radical (unpaired) electrons. The molecule has 0 saturated heterocycles. The van der Waals surface area contributed by atoms with E-state index in [1.54, 1.807) is 7.11 Å². The number of para-hydroxylation sites is 1. The van der Waals surface area contributed by atoms with Crippen LogP contribution in [-0.4, -0.2) is 25.0 Å². The number of nitrogens with one attached hydrogen (secondary N) is 1. The lowest BCUT2D eigenvalue weighted by atomic mass is 9.68. The topological polar surface area (TPSA) is 64.6 Å².